The lowest BCUT2D eigenvalue weighted by Crippen LogP contribution is -2.37. The van der Waals surface area contributed by atoms with E-state index in [9.17, 15) is 4.79 Å². The molecule has 0 heterocycles. The highest BCUT2D eigenvalue weighted by atomic mass is 127. The number of nitrogens with one attached hydrogen (secondary N) is 2. The molecule has 0 atom stereocenters. The van der Waals surface area contributed by atoms with Gasteiger partial charge >= 0.3 is 0 Å². The van der Waals surface area contributed by atoms with Gasteiger partial charge in [-0.3, -0.25) is 4.79 Å². The summed E-state index contributed by atoms with van der Waals surface area (Å²) in [5, 5.41) is 6.10. The Bertz CT molecular complexity index is 347. The summed E-state index contributed by atoms with van der Waals surface area (Å²) in [6.45, 7) is 4.50. The van der Waals surface area contributed by atoms with E-state index in [1.54, 1.807) is 0 Å². The Kier molecular flexibility index (Phi) is 6.32. The van der Waals surface area contributed by atoms with Gasteiger partial charge < -0.3 is 10.6 Å². The predicted molar refractivity (Wildman–Crippen MR) is 80.2 cm³/mol. The molecule has 4 heteroatoms. The van der Waals surface area contributed by atoms with Gasteiger partial charge in [-0.1, -0.05) is 13.8 Å². The van der Waals surface area contributed by atoms with E-state index in [2.05, 4.69) is 47.1 Å². The van der Waals surface area contributed by atoms with E-state index >= 15 is 0 Å². The van der Waals surface area contributed by atoms with Crippen molar-refractivity contribution in [3.8, 4) is 0 Å². The van der Waals surface area contributed by atoms with Gasteiger partial charge in [0, 0.05) is 15.3 Å². The molecule has 94 valence electrons. The summed E-state index contributed by atoms with van der Waals surface area (Å²) in [5.41, 5.74) is 0.977. The van der Waals surface area contributed by atoms with E-state index in [0.717, 1.165) is 18.5 Å². The lowest BCUT2D eigenvalue weighted by atomic mass is 10.2. The van der Waals surface area contributed by atoms with Crippen LogP contribution in [0.5, 0.6) is 0 Å². The summed E-state index contributed by atoms with van der Waals surface area (Å²) in [5.74, 6) is 0.0530. The van der Waals surface area contributed by atoms with E-state index in [0.29, 0.717) is 12.6 Å². The predicted octanol–water partition coefficient (Wildman–Crippen LogP) is 3.01. The topological polar surface area (TPSA) is 41.1 Å². The molecule has 2 N–H and O–H groups in total. The minimum Gasteiger partial charge on any atom is -0.376 e. The third-order valence-electron chi connectivity index (χ3n) is 2.65. The molecule has 1 rings (SSSR count). The monoisotopic (exact) mass is 346 g/mol. The van der Waals surface area contributed by atoms with Crippen molar-refractivity contribution in [1.29, 1.82) is 0 Å². The van der Waals surface area contributed by atoms with E-state index in [1.165, 1.54) is 3.57 Å². The Labute approximate surface area is 117 Å². The number of anilines is 1. The minimum atomic E-state index is 0.0530. The molecule has 1 amide bonds. The first-order valence-corrected chi connectivity index (χ1v) is 7.02. The third kappa shape index (κ3) is 5.39. The van der Waals surface area contributed by atoms with Gasteiger partial charge in [0.25, 0.3) is 0 Å². The van der Waals surface area contributed by atoms with Crippen molar-refractivity contribution >= 4 is 34.2 Å². The maximum Gasteiger partial charge on any atom is 0.239 e. The summed E-state index contributed by atoms with van der Waals surface area (Å²) in [6, 6.07) is 8.28. The van der Waals surface area contributed by atoms with Gasteiger partial charge in [-0.2, -0.15) is 0 Å². The van der Waals surface area contributed by atoms with Crippen LogP contribution < -0.4 is 10.6 Å². The van der Waals surface area contributed by atoms with E-state index in [4.69, 9.17) is 0 Å². The molecule has 0 unspecified atom stereocenters. The molecule has 0 saturated carbocycles. The molecule has 3 nitrogen and oxygen atoms in total. The molecule has 0 aliphatic rings. The zero-order valence-electron chi connectivity index (χ0n) is 10.3. The molecule has 17 heavy (non-hydrogen) atoms. The molecule has 0 aliphatic heterocycles. The van der Waals surface area contributed by atoms with Crippen LogP contribution in [0.4, 0.5) is 5.69 Å². The average molecular weight is 346 g/mol. The lowest BCUT2D eigenvalue weighted by Gasteiger charge is -2.15. The van der Waals surface area contributed by atoms with Gasteiger partial charge in [0.2, 0.25) is 5.91 Å². The second kappa shape index (κ2) is 7.53. The summed E-state index contributed by atoms with van der Waals surface area (Å²) < 4.78 is 1.19. The maximum absolute atomic E-state index is 11.6. The first kappa shape index (κ1) is 14.3. The van der Waals surface area contributed by atoms with Crippen LogP contribution >= 0.6 is 22.6 Å². The Hall–Kier alpha value is -0.780. The van der Waals surface area contributed by atoms with Crippen molar-refractivity contribution in [3.05, 3.63) is 27.8 Å². The zero-order valence-corrected chi connectivity index (χ0v) is 12.5. The van der Waals surface area contributed by atoms with Crippen LogP contribution in [-0.4, -0.2) is 18.5 Å². The van der Waals surface area contributed by atoms with Gasteiger partial charge in [-0.05, 0) is 59.7 Å². The van der Waals surface area contributed by atoms with Crippen molar-refractivity contribution < 1.29 is 4.79 Å². The maximum atomic E-state index is 11.6. The van der Waals surface area contributed by atoms with Crippen LogP contribution in [0.2, 0.25) is 0 Å². The van der Waals surface area contributed by atoms with Crippen LogP contribution in [0, 0.1) is 3.57 Å². The Morgan fingerprint density at radius 3 is 2.35 bits per heavy atom. The highest BCUT2D eigenvalue weighted by Gasteiger charge is 2.07. The summed E-state index contributed by atoms with van der Waals surface area (Å²) in [7, 11) is 0. The first-order chi connectivity index (χ1) is 8.15. The number of hydrogen-bond acceptors (Lipinski definition) is 2. The van der Waals surface area contributed by atoms with Gasteiger partial charge in [0.1, 0.15) is 0 Å². The fourth-order valence-corrected chi connectivity index (χ4v) is 1.88. The number of hydrogen-bond donors (Lipinski definition) is 2. The molecular formula is C13H19IN2O. The number of carbonyl (C=O) groups is 1. The minimum absolute atomic E-state index is 0.0530. The molecule has 1 aromatic rings. The van der Waals surface area contributed by atoms with Crippen LogP contribution in [0.25, 0.3) is 0 Å². The SMILES string of the molecule is CCC(CC)NC(=O)CNc1ccc(I)cc1. The van der Waals surface area contributed by atoms with E-state index < -0.39 is 0 Å². The molecule has 0 spiro atoms. The van der Waals surface area contributed by atoms with Crippen molar-refractivity contribution in [2.24, 2.45) is 0 Å². The standard InChI is InChI=1S/C13H19IN2O/c1-3-11(4-2)16-13(17)9-15-12-7-5-10(14)6-8-12/h5-8,11,15H,3-4,9H2,1-2H3,(H,16,17). The molecule has 0 aliphatic carbocycles. The third-order valence-corrected chi connectivity index (χ3v) is 3.37. The summed E-state index contributed by atoms with van der Waals surface area (Å²) >= 11 is 2.26. The van der Waals surface area contributed by atoms with Gasteiger partial charge in [-0.15, -0.1) is 0 Å². The van der Waals surface area contributed by atoms with Crippen molar-refractivity contribution in [2.45, 2.75) is 32.7 Å². The van der Waals surface area contributed by atoms with Gasteiger partial charge in [-0.25, -0.2) is 0 Å². The molecule has 0 saturated heterocycles. The van der Waals surface area contributed by atoms with Crippen molar-refractivity contribution in [3.63, 3.8) is 0 Å². The van der Waals surface area contributed by atoms with Gasteiger partial charge in [0.05, 0.1) is 6.54 Å². The fourth-order valence-electron chi connectivity index (χ4n) is 1.52. The largest absolute Gasteiger partial charge is 0.376 e. The number of halogens is 1. The number of amides is 1. The Balaban J connectivity index is 2.35. The quantitative estimate of drug-likeness (QED) is 0.778. The molecule has 0 fully saturated rings. The smallest absolute Gasteiger partial charge is 0.239 e. The lowest BCUT2D eigenvalue weighted by molar-refractivity contribution is -0.120. The van der Waals surface area contributed by atoms with E-state index in [-0.39, 0.29) is 5.91 Å². The van der Waals surface area contributed by atoms with Crippen molar-refractivity contribution in [2.75, 3.05) is 11.9 Å². The fraction of sp³-hybridized carbons (Fsp3) is 0.462. The highest BCUT2D eigenvalue weighted by Crippen LogP contribution is 2.10. The molecule has 0 bridgehead atoms. The summed E-state index contributed by atoms with van der Waals surface area (Å²) in [4.78, 5) is 11.6. The number of carbonyl (C=O) groups excluding carboxylic acids is 1. The van der Waals surface area contributed by atoms with Gasteiger partial charge in [0.15, 0.2) is 0 Å². The average Bonchev–Trinajstić information content (AvgIpc) is 2.35. The number of benzene rings is 1. The van der Waals surface area contributed by atoms with Crippen LogP contribution in [0.1, 0.15) is 26.7 Å². The Morgan fingerprint density at radius 1 is 1.24 bits per heavy atom. The number of rotatable bonds is 6. The zero-order chi connectivity index (χ0) is 12.7. The molecule has 1 aromatic carbocycles. The summed E-state index contributed by atoms with van der Waals surface area (Å²) in [6.07, 6.45) is 1.96. The Morgan fingerprint density at radius 2 is 1.82 bits per heavy atom. The second-order valence-corrected chi connectivity index (χ2v) is 5.19. The molecule has 0 aromatic heterocycles. The normalized spacial score (nSPS) is 10.4. The van der Waals surface area contributed by atoms with Crippen molar-refractivity contribution in [1.82, 2.24) is 5.32 Å². The molecular weight excluding hydrogens is 327 g/mol. The second-order valence-electron chi connectivity index (χ2n) is 3.94. The van der Waals surface area contributed by atoms with Crippen LogP contribution in [0.15, 0.2) is 24.3 Å². The van der Waals surface area contributed by atoms with Crippen LogP contribution in [-0.2, 0) is 4.79 Å². The first-order valence-electron chi connectivity index (χ1n) is 5.94. The van der Waals surface area contributed by atoms with Crippen LogP contribution in [0.3, 0.4) is 0 Å². The highest BCUT2D eigenvalue weighted by molar-refractivity contribution is 14.1. The van der Waals surface area contributed by atoms with E-state index in [1.807, 2.05) is 24.3 Å². The molecule has 0 radical (unpaired) electrons.